The average Bonchev–Trinajstić information content (AvgIpc) is 2.89. The van der Waals surface area contributed by atoms with E-state index in [-0.39, 0.29) is 12.0 Å². The third-order valence-corrected chi connectivity index (χ3v) is 4.36. The molecule has 1 aliphatic rings. The molecule has 116 valence electrons. The van der Waals surface area contributed by atoms with Gasteiger partial charge in [-0.1, -0.05) is 25.1 Å². The lowest BCUT2D eigenvalue weighted by Crippen LogP contribution is -2.33. The van der Waals surface area contributed by atoms with Crippen LogP contribution in [-0.2, 0) is 11.2 Å². The predicted molar refractivity (Wildman–Crippen MR) is 85.4 cm³/mol. The molecule has 21 heavy (non-hydrogen) atoms. The number of carbonyl (C=O) groups excluding carboxylic acids is 1. The Kier molecular flexibility index (Phi) is 5.37. The van der Waals surface area contributed by atoms with Gasteiger partial charge in [-0.15, -0.1) is 0 Å². The number of aliphatic hydroxyl groups excluding tert-OH is 1. The highest BCUT2D eigenvalue weighted by Crippen LogP contribution is 2.22. The second-order valence-corrected chi connectivity index (χ2v) is 6.04. The Morgan fingerprint density at radius 1 is 1.52 bits per heavy atom. The molecular formula is C17H26N2O2. The Morgan fingerprint density at radius 2 is 2.29 bits per heavy atom. The number of carbonyl (C=O) groups is 1. The van der Waals surface area contributed by atoms with Crippen molar-refractivity contribution in [2.45, 2.75) is 39.7 Å². The van der Waals surface area contributed by atoms with E-state index >= 15 is 0 Å². The first-order valence-corrected chi connectivity index (χ1v) is 7.80. The topological polar surface area (TPSA) is 52.6 Å². The number of aliphatic hydroxyl groups is 1. The standard InChI is InChI=1S/C17H26N2O2/c1-4-14-7-5-6-12(2)17(14)18-16(21)11-19-9-8-15(10-19)13(3)20/h5-7,13,15,20H,4,8-11H2,1-3H3,(H,18,21). The van der Waals surface area contributed by atoms with Gasteiger partial charge in [0.2, 0.25) is 5.91 Å². The number of likely N-dealkylation sites (tertiary alicyclic amines) is 1. The van der Waals surface area contributed by atoms with Gasteiger partial charge >= 0.3 is 0 Å². The molecule has 0 bridgehead atoms. The summed E-state index contributed by atoms with van der Waals surface area (Å²) in [6.07, 6.45) is 1.58. The summed E-state index contributed by atoms with van der Waals surface area (Å²) >= 11 is 0. The van der Waals surface area contributed by atoms with E-state index in [4.69, 9.17) is 0 Å². The van der Waals surface area contributed by atoms with Crippen LogP contribution < -0.4 is 5.32 Å². The van der Waals surface area contributed by atoms with Crippen molar-refractivity contribution in [1.82, 2.24) is 4.90 Å². The van der Waals surface area contributed by atoms with Crippen molar-refractivity contribution in [2.24, 2.45) is 5.92 Å². The highest BCUT2D eigenvalue weighted by Gasteiger charge is 2.27. The molecule has 1 saturated heterocycles. The van der Waals surface area contributed by atoms with E-state index in [1.165, 1.54) is 5.56 Å². The van der Waals surface area contributed by atoms with Gasteiger partial charge in [0, 0.05) is 12.2 Å². The van der Waals surface area contributed by atoms with Crippen LogP contribution in [-0.4, -0.2) is 41.7 Å². The van der Waals surface area contributed by atoms with Crippen LogP contribution in [0.4, 0.5) is 5.69 Å². The fourth-order valence-corrected chi connectivity index (χ4v) is 2.98. The first-order valence-electron chi connectivity index (χ1n) is 7.80. The number of rotatable bonds is 5. The molecule has 2 atom stereocenters. The minimum Gasteiger partial charge on any atom is -0.393 e. The third kappa shape index (κ3) is 4.05. The van der Waals surface area contributed by atoms with Gasteiger partial charge in [-0.2, -0.15) is 0 Å². The minimum absolute atomic E-state index is 0.0326. The van der Waals surface area contributed by atoms with Crippen LogP contribution in [0.1, 0.15) is 31.4 Å². The van der Waals surface area contributed by atoms with Gasteiger partial charge in [0.15, 0.2) is 0 Å². The fraction of sp³-hybridized carbons (Fsp3) is 0.588. The predicted octanol–water partition coefficient (Wildman–Crippen LogP) is 2.20. The van der Waals surface area contributed by atoms with Crippen LogP contribution in [0.15, 0.2) is 18.2 Å². The normalized spacial score (nSPS) is 20.5. The lowest BCUT2D eigenvalue weighted by molar-refractivity contribution is -0.117. The second-order valence-electron chi connectivity index (χ2n) is 6.04. The molecule has 0 radical (unpaired) electrons. The van der Waals surface area contributed by atoms with E-state index in [0.29, 0.717) is 12.5 Å². The van der Waals surface area contributed by atoms with E-state index in [1.807, 2.05) is 26.0 Å². The largest absolute Gasteiger partial charge is 0.393 e. The Hall–Kier alpha value is -1.39. The number of amides is 1. The van der Waals surface area contributed by atoms with Crippen molar-refractivity contribution in [3.8, 4) is 0 Å². The molecule has 1 heterocycles. The molecule has 0 saturated carbocycles. The van der Waals surface area contributed by atoms with Crippen LogP contribution in [0.25, 0.3) is 0 Å². The summed E-state index contributed by atoms with van der Waals surface area (Å²) in [5.41, 5.74) is 3.23. The van der Waals surface area contributed by atoms with Gasteiger partial charge in [0.1, 0.15) is 0 Å². The molecule has 0 spiro atoms. The molecule has 0 aromatic heterocycles. The second kappa shape index (κ2) is 7.05. The fourth-order valence-electron chi connectivity index (χ4n) is 2.98. The average molecular weight is 290 g/mol. The number of hydrogen-bond acceptors (Lipinski definition) is 3. The van der Waals surface area contributed by atoms with E-state index < -0.39 is 0 Å². The summed E-state index contributed by atoms with van der Waals surface area (Å²) in [4.78, 5) is 14.4. The van der Waals surface area contributed by atoms with E-state index in [0.717, 1.165) is 37.2 Å². The third-order valence-electron chi connectivity index (χ3n) is 4.36. The number of nitrogens with one attached hydrogen (secondary N) is 1. The molecule has 1 aliphatic heterocycles. The summed E-state index contributed by atoms with van der Waals surface area (Å²) in [7, 11) is 0. The van der Waals surface area contributed by atoms with Crippen LogP contribution in [0.5, 0.6) is 0 Å². The maximum absolute atomic E-state index is 12.3. The molecule has 4 heteroatoms. The monoisotopic (exact) mass is 290 g/mol. The van der Waals surface area contributed by atoms with Gasteiger partial charge in [0.05, 0.1) is 12.6 Å². The van der Waals surface area contributed by atoms with Gasteiger partial charge in [0.25, 0.3) is 0 Å². The minimum atomic E-state index is -0.291. The SMILES string of the molecule is CCc1cccc(C)c1NC(=O)CN1CCC(C(C)O)C1. The molecule has 1 aromatic rings. The number of hydrogen-bond donors (Lipinski definition) is 2. The van der Waals surface area contributed by atoms with Crippen LogP contribution >= 0.6 is 0 Å². The molecular weight excluding hydrogens is 264 g/mol. The van der Waals surface area contributed by atoms with Gasteiger partial charge < -0.3 is 10.4 Å². The van der Waals surface area contributed by atoms with Crippen molar-refractivity contribution >= 4 is 11.6 Å². The zero-order valence-corrected chi connectivity index (χ0v) is 13.2. The van der Waals surface area contributed by atoms with E-state index in [1.54, 1.807) is 0 Å². The lowest BCUT2D eigenvalue weighted by Gasteiger charge is -2.18. The Bertz CT molecular complexity index is 500. The van der Waals surface area contributed by atoms with Crippen LogP contribution in [0.3, 0.4) is 0 Å². The van der Waals surface area contributed by atoms with Crippen molar-refractivity contribution in [3.05, 3.63) is 29.3 Å². The molecule has 1 aromatic carbocycles. The Balaban J connectivity index is 1.94. The smallest absolute Gasteiger partial charge is 0.238 e. The van der Waals surface area contributed by atoms with Crippen molar-refractivity contribution in [3.63, 3.8) is 0 Å². The first-order chi connectivity index (χ1) is 10.0. The quantitative estimate of drug-likeness (QED) is 0.874. The highest BCUT2D eigenvalue weighted by atomic mass is 16.3. The lowest BCUT2D eigenvalue weighted by atomic mass is 10.0. The molecule has 1 fully saturated rings. The molecule has 4 nitrogen and oxygen atoms in total. The van der Waals surface area contributed by atoms with Crippen LogP contribution in [0, 0.1) is 12.8 Å². The number of para-hydroxylation sites is 1. The maximum Gasteiger partial charge on any atom is 0.238 e. The molecule has 2 N–H and O–H groups in total. The van der Waals surface area contributed by atoms with Crippen LogP contribution in [0.2, 0.25) is 0 Å². The zero-order chi connectivity index (χ0) is 15.4. The van der Waals surface area contributed by atoms with Gasteiger partial charge in [-0.25, -0.2) is 0 Å². The van der Waals surface area contributed by atoms with Gasteiger partial charge in [-0.05, 0) is 50.3 Å². The molecule has 2 rings (SSSR count). The Labute approximate surface area is 127 Å². The zero-order valence-electron chi connectivity index (χ0n) is 13.2. The number of nitrogens with zero attached hydrogens (tertiary/aromatic N) is 1. The van der Waals surface area contributed by atoms with E-state index in [9.17, 15) is 9.90 Å². The number of aryl methyl sites for hydroxylation is 2. The summed E-state index contributed by atoms with van der Waals surface area (Å²) in [5.74, 6) is 0.327. The van der Waals surface area contributed by atoms with Crippen molar-refractivity contribution < 1.29 is 9.90 Å². The summed E-state index contributed by atoms with van der Waals surface area (Å²) in [5, 5.41) is 12.7. The summed E-state index contributed by atoms with van der Waals surface area (Å²) < 4.78 is 0. The molecule has 2 unspecified atom stereocenters. The molecule has 1 amide bonds. The highest BCUT2D eigenvalue weighted by molar-refractivity contribution is 5.93. The van der Waals surface area contributed by atoms with Gasteiger partial charge in [-0.3, -0.25) is 9.69 Å². The first kappa shape index (κ1) is 16.0. The Morgan fingerprint density at radius 3 is 2.90 bits per heavy atom. The van der Waals surface area contributed by atoms with Crippen molar-refractivity contribution in [2.75, 3.05) is 25.0 Å². The summed E-state index contributed by atoms with van der Waals surface area (Å²) in [6, 6.07) is 6.10. The number of benzene rings is 1. The molecule has 0 aliphatic carbocycles. The van der Waals surface area contributed by atoms with E-state index in [2.05, 4.69) is 23.2 Å². The maximum atomic E-state index is 12.3. The van der Waals surface area contributed by atoms with Crippen molar-refractivity contribution in [1.29, 1.82) is 0 Å². The number of anilines is 1. The summed E-state index contributed by atoms with van der Waals surface area (Å²) in [6.45, 7) is 8.04.